The number of rotatable bonds is 6. The molecule has 3 rings (SSSR count). The molecule has 3 aromatic rings. The molecule has 0 aliphatic heterocycles. The Kier molecular flexibility index (Phi) is 5.48. The Labute approximate surface area is 152 Å². The molecule has 2 aromatic carbocycles. The summed E-state index contributed by atoms with van der Waals surface area (Å²) in [5.74, 6) is 0.584. The summed E-state index contributed by atoms with van der Waals surface area (Å²) < 4.78 is 39.6. The van der Waals surface area contributed by atoms with E-state index in [0.29, 0.717) is 11.4 Å². The minimum Gasteiger partial charge on any atom is -0.493 e. The van der Waals surface area contributed by atoms with Gasteiger partial charge in [-0.2, -0.15) is 13.8 Å². The smallest absolute Gasteiger partial charge is 0.387 e. The molecule has 1 aromatic heterocycles. The Hall–Kier alpha value is -2.93. The van der Waals surface area contributed by atoms with Crippen molar-refractivity contribution in [1.29, 1.82) is 0 Å². The zero-order chi connectivity index (χ0) is 18.5. The molecule has 0 amide bonds. The molecule has 1 heterocycles. The van der Waals surface area contributed by atoms with Gasteiger partial charge in [-0.05, 0) is 23.8 Å². The molecule has 0 aliphatic rings. The van der Waals surface area contributed by atoms with Gasteiger partial charge in [0.25, 0.3) is 5.89 Å². The maximum absolute atomic E-state index is 12.5. The van der Waals surface area contributed by atoms with Gasteiger partial charge < -0.3 is 14.0 Å². The minimum absolute atomic E-state index is 0.101. The second-order valence-corrected chi connectivity index (χ2v) is 5.48. The van der Waals surface area contributed by atoms with E-state index in [1.54, 1.807) is 6.07 Å². The van der Waals surface area contributed by atoms with Crippen molar-refractivity contribution in [3.63, 3.8) is 0 Å². The average molecular weight is 379 g/mol. The lowest BCUT2D eigenvalue weighted by atomic mass is 10.2. The van der Waals surface area contributed by atoms with E-state index in [1.165, 1.54) is 25.3 Å². The average Bonchev–Trinajstić information content (AvgIpc) is 3.12. The van der Waals surface area contributed by atoms with Gasteiger partial charge >= 0.3 is 6.61 Å². The SMILES string of the molecule is COc1ccc(/C=C(\Cl)c2nc(-c3ccccc3)no2)cc1OC(F)F. The summed E-state index contributed by atoms with van der Waals surface area (Å²) in [6.07, 6.45) is 1.50. The Morgan fingerprint density at radius 2 is 1.92 bits per heavy atom. The molecule has 0 radical (unpaired) electrons. The van der Waals surface area contributed by atoms with Crippen molar-refractivity contribution in [1.82, 2.24) is 10.1 Å². The molecular formula is C18H13ClF2N2O3. The first kappa shape index (κ1) is 17.9. The molecule has 0 saturated carbocycles. The first-order valence-electron chi connectivity index (χ1n) is 7.46. The predicted octanol–water partition coefficient (Wildman–Crippen LogP) is 5.08. The van der Waals surface area contributed by atoms with Crippen LogP contribution in [0.4, 0.5) is 8.78 Å². The Morgan fingerprint density at radius 3 is 2.62 bits per heavy atom. The summed E-state index contributed by atoms with van der Waals surface area (Å²) >= 11 is 6.22. The van der Waals surface area contributed by atoms with Crippen LogP contribution in [-0.2, 0) is 0 Å². The molecule has 0 aliphatic carbocycles. The summed E-state index contributed by atoms with van der Waals surface area (Å²) in [5.41, 5.74) is 1.29. The molecule has 0 fully saturated rings. The summed E-state index contributed by atoms with van der Waals surface area (Å²) in [7, 11) is 1.36. The Bertz CT molecular complexity index is 914. The fraction of sp³-hybridized carbons (Fsp3) is 0.111. The highest BCUT2D eigenvalue weighted by atomic mass is 35.5. The predicted molar refractivity (Wildman–Crippen MR) is 93.1 cm³/mol. The highest BCUT2D eigenvalue weighted by Gasteiger charge is 2.13. The highest BCUT2D eigenvalue weighted by molar-refractivity contribution is 6.50. The molecule has 134 valence electrons. The zero-order valence-electron chi connectivity index (χ0n) is 13.5. The number of alkyl halides is 2. The number of ether oxygens (including phenoxy) is 2. The number of hydrogen-bond donors (Lipinski definition) is 0. The van der Waals surface area contributed by atoms with Crippen LogP contribution in [0.15, 0.2) is 53.1 Å². The van der Waals surface area contributed by atoms with Crippen molar-refractivity contribution in [2.75, 3.05) is 7.11 Å². The maximum atomic E-state index is 12.5. The van der Waals surface area contributed by atoms with Crippen LogP contribution < -0.4 is 9.47 Å². The van der Waals surface area contributed by atoms with Gasteiger partial charge in [0.1, 0.15) is 5.03 Å². The van der Waals surface area contributed by atoms with Crippen LogP contribution in [-0.4, -0.2) is 23.9 Å². The number of benzene rings is 2. The third-order valence-corrected chi connectivity index (χ3v) is 3.63. The monoisotopic (exact) mass is 378 g/mol. The van der Waals surface area contributed by atoms with Gasteiger partial charge in [-0.15, -0.1) is 0 Å². The number of methoxy groups -OCH3 is 1. The van der Waals surface area contributed by atoms with E-state index >= 15 is 0 Å². The van der Waals surface area contributed by atoms with E-state index in [1.807, 2.05) is 30.3 Å². The van der Waals surface area contributed by atoms with Crippen LogP contribution in [0.1, 0.15) is 11.5 Å². The van der Waals surface area contributed by atoms with Gasteiger partial charge in [0.05, 0.1) is 7.11 Å². The molecule has 26 heavy (non-hydrogen) atoms. The first-order valence-corrected chi connectivity index (χ1v) is 7.84. The lowest BCUT2D eigenvalue weighted by Crippen LogP contribution is -2.03. The largest absolute Gasteiger partial charge is 0.493 e. The van der Waals surface area contributed by atoms with Crippen molar-refractivity contribution >= 4 is 22.7 Å². The van der Waals surface area contributed by atoms with E-state index in [9.17, 15) is 8.78 Å². The quantitative estimate of drug-likeness (QED) is 0.598. The van der Waals surface area contributed by atoms with Gasteiger partial charge in [-0.1, -0.05) is 53.2 Å². The van der Waals surface area contributed by atoms with Crippen molar-refractivity contribution in [2.45, 2.75) is 6.61 Å². The summed E-state index contributed by atoms with van der Waals surface area (Å²) in [4.78, 5) is 4.23. The standard InChI is InChI=1S/C18H13ClF2N2O3/c1-24-14-8-7-11(10-15(14)25-18(20)21)9-13(19)17-22-16(23-26-17)12-5-3-2-4-6-12/h2-10,18H,1H3/b13-9-. The van der Waals surface area contributed by atoms with Crippen molar-refractivity contribution in [3.05, 3.63) is 60.0 Å². The fourth-order valence-corrected chi connectivity index (χ4v) is 2.41. The normalized spacial score (nSPS) is 11.7. The Morgan fingerprint density at radius 1 is 1.15 bits per heavy atom. The van der Waals surface area contributed by atoms with Gasteiger partial charge in [0.15, 0.2) is 11.5 Å². The van der Waals surface area contributed by atoms with E-state index in [0.717, 1.165) is 5.56 Å². The van der Waals surface area contributed by atoms with Gasteiger partial charge in [0, 0.05) is 5.56 Å². The topological polar surface area (TPSA) is 57.4 Å². The van der Waals surface area contributed by atoms with Crippen LogP contribution in [0.25, 0.3) is 22.5 Å². The molecule has 8 heteroatoms. The van der Waals surface area contributed by atoms with Crippen LogP contribution in [0.3, 0.4) is 0 Å². The number of halogens is 3. The number of hydrogen-bond acceptors (Lipinski definition) is 5. The lowest BCUT2D eigenvalue weighted by molar-refractivity contribution is -0.0512. The second kappa shape index (κ2) is 7.97. The van der Waals surface area contributed by atoms with E-state index < -0.39 is 6.61 Å². The van der Waals surface area contributed by atoms with E-state index in [-0.39, 0.29) is 22.4 Å². The lowest BCUT2D eigenvalue weighted by Gasteiger charge is -2.10. The molecule has 0 atom stereocenters. The van der Waals surface area contributed by atoms with Gasteiger partial charge in [-0.25, -0.2) is 0 Å². The summed E-state index contributed by atoms with van der Waals surface area (Å²) in [6, 6.07) is 13.8. The van der Waals surface area contributed by atoms with Crippen molar-refractivity contribution in [2.24, 2.45) is 0 Å². The minimum atomic E-state index is -2.97. The third-order valence-electron chi connectivity index (χ3n) is 3.36. The highest BCUT2D eigenvalue weighted by Crippen LogP contribution is 2.31. The van der Waals surface area contributed by atoms with Crippen LogP contribution in [0, 0.1) is 0 Å². The number of aromatic nitrogens is 2. The third kappa shape index (κ3) is 4.18. The van der Waals surface area contributed by atoms with Crippen LogP contribution in [0.5, 0.6) is 11.5 Å². The summed E-state index contributed by atoms with van der Waals surface area (Å²) in [5, 5.41) is 4.04. The van der Waals surface area contributed by atoms with Crippen molar-refractivity contribution < 1.29 is 22.8 Å². The maximum Gasteiger partial charge on any atom is 0.387 e. The summed E-state index contributed by atoms with van der Waals surface area (Å²) in [6.45, 7) is -2.97. The van der Waals surface area contributed by atoms with Gasteiger partial charge in [-0.3, -0.25) is 0 Å². The molecular weight excluding hydrogens is 366 g/mol. The fourth-order valence-electron chi connectivity index (χ4n) is 2.20. The van der Waals surface area contributed by atoms with Crippen LogP contribution >= 0.6 is 11.6 Å². The van der Waals surface area contributed by atoms with Crippen molar-refractivity contribution in [3.8, 4) is 22.9 Å². The van der Waals surface area contributed by atoms with E-state index in [2.05, 4.69) is 14.9 Å². The first-order chi connectivity index (χ1) is 12.6. The van der Waals surface area contributed by atoms with Crippen LogP contribution in [0.2, 0.25) is 0 Å². The number of nitrogens with zero attached hydrogens (tertiary/aromatic N) is 2. The van der Waals surface area contributed by atoms with Gasteiger partial charge in [0.2, 0.25) is 5.82 Å². The second-order valence-electron chi connectivity index (χ2n) is 5.07. The molecule has 0 unspecified atom stereocenters. The molecule has 0 bridgehead atoms. The molecule has 0 saturated heterocycles. The zero-order valence-corrected chi connectivity index (χ0v) is 14.3. The molecule has 0 spiro atoms. The Balaban J connectivity index is 1.87. The molecule has 5 nitrogen and oxygen atoms in total. The molecule has 0 N–H and O–H groups in total. The van der Waals surface area contributed by atoms with E-state index in [4.69, 9.17) is 20.9 Å².